The molecule has 0 fully saturated rings. The van der Waals surface area contributed by atoms with Crippen LogP contribution in [-0.2, 0) is 16.1 Å². The van der Waals surface area contributed by atoms with Crippen LogP contribution in [0.1, 0.15) is 24.1 Å². The average molecular weight is 363 g/mol. The van der Waals surface area contributed by atoms with Gasteiger partial charge in [-0.25, -0.2) is 0 Å². The fourth-order valence-electron chi connectivity index (χ4n) is 2.60. The van der Waals surface area contributed by atoms with Crippen molar-refractivity contribution in [3.05, 3.63) is 71.8 Å². The topological polar surface area (TPSA) is 41.6 Å². The van der Waals surface area contributed by atoms with Crippen LogP contribution in [0.15, 0.2) is 60.7 Å². The van der Waals surface area contributed by atoms with Crippen LogP contribution in [0.3, 0.4) is 0 Å². The highest BCUT2D eigenvalue weighted by Crippen LogP contribution is 2.22. The van der Waals surface area contributed by atoms with Gasteiger partial charge in [-0.05, 0) is 18.1 Å². The number of rotatable bonds is 9. The fraction of sp³-hybridized carbons (Fsp3) is 0.350. The van der Waals surface area contributed by atoms with E-state index in [0.717, 1.165) is 11.1 Å². The molecule has 0 aliphatic carbocycles. The number of hydrogen-bond donors (Lipinski definition) is 1. The maximum atomic E-state index is 12.7. The van der Waals surface area contributed by atoms with E-state index in [1.165, 1.54) is 0 Å². The lowest BCUT2D eigenvalue weighted by Gasteiger charge is -2.30. The monoisotopic (exact) mass is 362 g/mol. The predicted octanol–water partition coefficient (Wildman–Crippen LogP) is 3.43. The summed E-state index contributed by atoms with van der Waals surface area (Å²) >= 11 is 0. The molecular formula is C20H27ClN2O2. The maximum absolute atomic E-state index is 12.7. The van der Waals surface area contributed by atoms with Crippen molar-refractivity contribution in [2.24, 2.45) is 0 Å². The number of carbonyl (C=O) groups is 1. The summed E-state index contributed by atoms with van der Waals surface area (Å²) in [6.07, 6.45) is 0. The molecule has 25 heavy (non-hydrogen) atoms. The van der Waals surface area contributed by atoms with E-state index in [1.807, 2.05) is 41.3 Å². The summed E-state index contributed by atoms with van der Waals surface area (Å²) in [7, 11) is 1.66. The summed E-state index contributed by atoms with van der Waals surface area (Å²) in [5, 5.41) is 3.14. The van der Waals surface area contributed by atoms with Gasteiger partial charge in [0.1, 0.15) is 0 Å². The second kappa shape index (κ2) is 11.6. The molecule has 0 saturated carbocycles. The second-order valence-corrected chi connectivity index (χ2v) is 5.76. The Bertz CT molecular complexity index is 608. The number of carbonyl (C=O) groups excluding carboxylic acids is 1. The molecule has 2 aromatic carbocycles. The molecule has 0 radical (unpaired) electrons. The standard InChI is InChI=1S/C20H26N2O2.ClH/c1-17(19-11-7-4-8-12-19)22(16-18-9-5-3-6-10-18)20(23)15-21-13-14-24-2;/h3-12,17,21H,13-16H2,1-2H3;1H. The van der Waals surface area contributed by atoms with E-state index in [-0.39, 0.29) is 24.4 Å². The number of nitrogens with one attached hydrogen (secondary N) is 1. The van der Waals surface area contributed by atoms with E-state index in [9.17, 15) is 4.79 Å². The first kappa shape index (κ1) is 21.2. The van der Waals surface area contributed by atoms with Crippen LogP contribution in [0.25, 0.3) is 0 Å². The van der Waals surface area contributed by atoms with Crippen molar-refractivity contribution in [1.82, 2.24) is 10.2 Å². The van der Waals surface area contributed by atoms with Gasteiger partial charge in [0.05, 0.1) is 19.2 Å². The van der Waals surface area contributed by atoms with E-state index in [2.05, 4.69) is 36.5 Å². The van der Waals surface area contributed by atoms with Crippen molar-refractivity contribution in [2.45, 2.75) is 19.5 Å². The molecule has 1 amide bonds. The van der Waals surface area contributed by atoms with Crippen LogP contribution in [0.5, 0.6) is 0 Å². The Morgan fingerprint density at radius 1 is 1.08 bits per heavy atom. The second-order valence-electron chi connectivity index (χ2n) is 5.76. The summed E-state index contributed by atoms with van der Waals surface area (Å²) in [6.45, 7) is 4.25. The first-order chi connectivity index (χ1) is 11.7. The largest absolute Gasteiger partial charge is 0.383 e. The molecule has 1 N–H and O–H groups in total. The molecule has 0 aliphatic rings. The highest BCUT2D eigenvalue weighted by molar-refractivity contribution is 5.85. The normalized spacial score (nSPS) is 11.4. The Hall–Kier alpha value is -1.88. The van der Waals surface area contributed by atoms with Crippen LogP contribution >= 0.6 is 12.4 Å². The minimum absolute atomic E-state index is 0. The van der Waals surface area contributed by atoms with Crippen molar-refractivity contribution >= 4 is 18.3 Å². The van der Waals surface area contributed by atoms with Crippen molar-refractivity contribution in [1.29, 1.82) is 0 Å². The molecule has 0 saturated heterocycles. The van der Waals surface area contributed by atoms with Gasteiger partial charge in [0.15, 0.2) is 0 Å². The van der Waals surface area contributed by atoms with E-state index in [4.69, 9.17) is 4.74 Å². The quantitative estimate of drug-likeness (QED) is 0.695. The fourth-order valence-corrected chi connectivity index (χ4v) is 2.60. The third-order valence-electron chi connectivity index (χ3n) is 4.02. The van der Waals surface area contributed by atoms with Gasteiger partial charge >= 0.3 is 0 Å². The number of ether oxygens (including phenoxy) is 1. The number of hydrogen-bond acceptors (Lipinski definition) is 3. The lowest BCUT2D eigenvalue weighted by molar-refractivity contribution is -0.133. The Morgan fingerprint density at radius 2 is 1.68 bits per heavy atom. The first-order valence-electron chi connectivity index (χ1n) is 8.30. The summed E-state index contributed by atoms with van der Waals surface area (Å²) in [6, 6.07) is 20.2. The molecule has 0 aromatic heterocycles. The van der Waals surface area contributed by atoms with Crippen molar-refractivity contribution in [3.63, 3.8) is 0 Å². The predicted molar refractivity (Wildman–Crippen MR) is 104 cm³/mol. The number of halogens is 1. The van der Waals surface area contributed by atoms with Crippen molar-refractivity contribution in [2.75, 3.05) is 26.8 Å². The van der Waals surface area contributed by atoms with E-state index in [0.29, 0.717) is 26.2 Å². The van der Waals surface area contributed by atoms with Crippen LogP contribution < -0.4 is 5.32 Å². The molecular weight excluding hydrogens is 336 g/mol. The summed E-state index contributed by atoms with van der Waals surface area (Å²) in [4.78, 5) is 14.7. The Kier molecular flexibility index (Phi) is 9.85. The molecule has 1 atom stereocenters. The molecule has 1 unspecified atom stereocenters. The van der Waals surface area contributed by atoms with Gasteiger partial charge in [0, 0.05) is 20.2 Å². The Labute approximate surface area is 156 Å². The minimum Gasteiger partial charge on any atom is -0.383 e. The van der Waals surface area contributed by atoms with Crippen LogP contribution in [0.4, 0.5) is 0 Å². The van der Waals surface area contributed by atoms with Gasteiger partial charge in [0.2, 0.25) is 5.91 Å². The zero-order valence-corrected chi connectivity index (χ0v) is 15.7. The summed E-state index contributed by atoms with van der Waals surface area (Å²) in [5.41, 5.74) is 2.27. The molecule has 0 heterocycles. The van der Waals surface area contributed by atoms with Crippen LogP contribution in [0, 0.1) is 0 Å². The van der Waals surface area contributed by atoms with E-state index < -0.39 is 0 Å². The molecule has 4 nitrogen and oxygen atoms in total. The van der Waals surface area contributed by atoms with Gasteiger partial charge in [0.25, 0.3) is 0 Å². The van der Waals surface area contributed by atoms with Crippen molar-refractivity contribution < 1.29 is 9.53 Å². The van der Waals surface area contributed by atoms with E-state index >= 15 is 0 Å². The molecule has 0 bridgehead atoms. The lowest BCUT2D eigenvalue weighted by atomic mass is 10.1. The maximum Gasteiger partial charge on any atom is 0.237 e. The van der Waals surface area contributed by atoms with Crippen molar-refractivity contribution in [3.8, 4) is 0 Å². The first-order valence-corrected chi connectivity index (χ1v) is 8.30. The SMILES string of the molecule is COCCNCC(=O)N(Cc1ccccc1)C(C)c1ccccc1.Cl. The third kappa shape index (κ3) is 6.86. The van der Waals surface area contributed by atoms with Gasteiger partial charge < -0.3 is 15.0 Å². The number of benzene rings is 2. The highest BCUT2D eigenvalue weighted by atomic mass is 35.5. The molecule has 2 rings (SSSR count). The minimum atomic E-state index is 0. The molecule has 136 valence electrons. The molecule has 0 aliphatic heterocycles. The summed E-state index contributed by atoms with van der Waals surface area (Å²) < 4.78 is 5.01. The number of nitrogens with zero attached hydrogens (tertiary/aromatic N) is 1. The Morgan fingerprint density at radius 3 is 2.28 bits per heavy atom. The number of methoxy groups -OCH3 is 1. The zero-order valence-electron chi connectivity index (χ0n) is 14.9. The summed E-state index contributed by atoms with van der Waals surface area (Å²) in [5.74, 6) is 0.0892. The Balaban J connectivity index is 0.00000312. The third-order valence-corrected chi connectivity index (χ3v) is 4.02. The molecule has 0 spiro atoms. The average Bonchev–Trinajstić information content (AvgIpc) is 2.64. The molecule has 2 aromatic rings. The van der Waals surface area contributed by atoms with E-state index in [1.54, 1.807) is 7.11 Å². The number of amides is 1. The van der Waals surface area contributed by atoms with Gasteiger partial charge in [-0.3, -0.25) is 4.79 Å². The molecule has 5 heteroatoms. The smallest absolute Gasteiger partial charge is 0.237 e. The zero-order chi connectivity index (χ0) is 17.2. The van der Waals surface area contributed by atoms with Crippen LogP contribution in [-0.4, -0.2) is 37.6 Å². The van der Waals surface area contributed by atoms with Gasteiger partial charge in [-0.15, -0.1) is 12.4 Å². The lowest BCUT2D eigenvalue weighted by Crippen LogP contribution is -2.40. The van der Waals surface area contributed by atoms with Crippen LogP contribution in [0.2, 0.25) is 0 Å². The highest BCUT2D eigenvalue weighted by Gasteiger charge is 2.21. The van der Waals surface area contributed by atoms with Gasteiger partial charge in [-0.1, -0.05) is 60.7 Å². The van der Waals surface area contributed by atoms with Gasteiger partial charge in [-0.2, -0.15) is 0 Å².